The number of methoxy groups -OCH3 is 1. The Hall–Kier alpha value is -3.02. The smallest absolute Gasteiger partial charge is 0.316 e. The van der Waals surface area contributed by atoms with Crippen LogP contribution in [0.4, 0.5) is 16.2 Å². The van der Waals surface area contributed by atoms with Crippen LogP contribution in [-0.4, -0.2) is 19.0 Å². The summed E-state index contributed by atoms with van der Waals surface area (Å²) in [6.07, 6.45) is 0. The number of nitrogens with two attached hydrogens (primary N) is 1. The summed E-state index contributed by atoms with van der Waals surface area (Å²) >= 11 is 0. The molecule has 0 aliphatic heterocycles. The molecular formula is C15H15N3O3. The summed E-state index contributed by atoms with van der Waals surface area (Å²) < 4.78 is 5.08. The lowest BCUT2D eigenvalue weighted by Gasteiger charge is -2.08. The van der Waals surface area contributed by atoms with Gasteiger partial charge in [-0.3, -0.25) is 4.79 Å². The van der Waals surface area contributed by atoms with E-state index in [9.17, 15) is 9.59 Å². The second-order valence-corrected chi connectivity index (χ2v) is 4.25. The van der Waals surface area contributed by atoms with Gasteiger partial charge in [-0.05, 0) is 42.5 Å². The van der Waals surface area contributed by atoms with Crippen LogP contribution in [0.5, 0.6) is 5.75 Å². The maximum Gasteiger partial charge on any atom is 0.316 e. The highest BCUT2D eigenvalue weighted by Crippen LogP contribution is 2.16. The van der Waals surface area contributed by atoms with Crippen molar-refractivity contribution in [2.45, 2.75) is 0 Å². The van der Waals surface area contributed by atoms with Crippen molar-refractivity contribution in [1.82, 2.24) is 0 Å². The van der Waals surface area contributed by atoms with E-state index in [4.69, 9.17) is 10.5 Å². The van der Waals surface area contributed by atoms with Crippen molar-refractivity contribution in [2.24, 2.45) is 5.73 Å². The van der Waals surface area contributed by atoms with Gasteiger partial charge in [-0.1, -0.05) is 6.07 Å². The maximum absolute atomic E-state index is 12.1. The van der Waals surface area contributed by atoms with Crippen LogP contribution in [-0.2, 0) is 0 Å². The van der Waals surface area contributed by atoms with Crippen molar-refractivity contribution in [1.29, 1.82) is 0 Å². The second-order valence-electron chi connectivity index (χ2n) is 4.25. The predicted molar refractivity (Wildman–Crippen MR) is 80.6 cm³/mol. The number of carbonyl (C=O) groups is 2. The van der Waals surface area contributed by atoms with E-state index in [0.717, 1.165) is 0 Å². The van der Waals surface area contributed by atoms with Gasteiger partial charge in [0.15, 0.2) is 0 Å². The molecule has 6 heteroatoms. The molecule has 2 aromatic rings. The Morgan fingerprint density at radius 1 is 1.00 bits per heavy atom. The highest BCUT2D eigenvalue weighted by atomic mass is 16.5. The van der Waals surface area contributed by atoms with Crippen LogP contribution in [0.15, 0.2) is 48.5 Å². The number of anilines is 2. The molecule has 0 saturated heterocycles. The van der Waals surface area contributed by atoms with Crippen molar-refractivity contribution in [3.63, 3.8) is 0 Å². The van der Waals surface area contributed by atoms with Crippen LogP contribution in [0.25, 0.3) is 0 Å². The Labute approximate surface area is 121 Å². The van der Waals surface area contributed by atoms with Gasteiger partial charge in [0.1, 0.15) is 5.75 Å². The number of amides is 3. The molecule has 4 N–H and O–H groups in total. The summed E-state index contributed by atoms with van der Waals surface area (Å²) in [6, 6.07) is 12.8. The Balaban J connectivity index is 2.06. The Bertz CT molecular complexity index is 653. The van der Waals surface area contributed by atoms with Crippen molar-refractivity contribution >= 4 is 23.3 Å². The van der Waals surface area contributed by atoms with Gasteiger partial charge in [0.05, 0.1) is 7.11 Å². The summed E-state index contributed by atoms with van der Waals surface area (Å²) in [5, 5.41) is 5.19. The molecule has 3 amide bonds. The van der Waals surface area contributed by atoms with E-state index in [0.29, 0.717) is 22.7 Å². The summed E-state index contributed by atoms with van der Waals surface area (Å²) in [5.41, 5.74) is 6.68. The van der Waals surface area contributed by atoms with Crippen LogP contribution in [0.1, 0.15) is 10.4 Å². The number of primary amides is 1. The van der Waals surface area contributed by atoms with Crippen LogP contribution in [0, 0.1) is 0 Å². The van der Waals surface area contributed by atoms with E-state index in [-0.39, 0.29) is 5.91 Å². The fourth-order valence-electron chi connectivity index (χ4n) is 1.75. The molecule has 108 valence electrons. The number of benzene rings is 2. The third kappa shape index (κ3) is 3.97. The molecule has 21 heavy (non-hydrogen) atoms. The third-order valence-corrected chi connectivity index (χ3v) is 2.74. The Morgan fingerprint density at radius 3 is 2.19 bits per heavy atom. The standard InChI is InChI=1S/C15H15N3O3/c1-21-13-4-2-3-10(9-13)14(19)17-11-5-7-12(8-6-11)18-15(16)20/h2-9H,1H3,(H,17,19)(H3,16,18,20). The lowest BCUT2D eigenvalue weighted by molar-refractivity contribution is 0.102. The number of hydrogen-bond donors (Lipinski definition) is 3. The molecule has 0 spiro atoms. The highest BCUT2D eigenvalue weighted by molar-refractivity contribution is 6.04. The molecule has 0 atom stereocenters. The minimum absolute atomic E-state index is 0.246. The second kappa shape index (κ2) is 6.42. The van der Waals surface area contributed by atoms with Gasteiger partial charge in [0.2, 0.25) is 0 Å². The van der Waals surface area contributed by atoms with Crippen molar-refractivity contribution in [2.75, 3.05) is 17.7 Å². The van der Waals surface area contributed by atoms with Gasteiger partial charge in [-0.25, -0.2) is 4.79 Å². The summed E-state index contributed by atoms with van der Waals surface area (Å²) in [4.78, 5) is 22.8. The van der Waals surface area contributed by atoms with Gasteiger partial charge in [0, 0.05) is 16.9 Å². The lowest BCUT2D eigenvalue weighted by Crippen LogP contribution is -2.19. The summed E-state index contributed by atoms with van der Waals surface area (Å²) in [6.45, 7) is 0. The molecule has 0 saturated carbocycles. The zero-order chi connectivity index (χ0) is 15.2. The van der Waals surface area contributed by atoms with E-state index < -0.39 is 6.03 Å². The molecule has 6 nitrogen and oxygen atoms in total. The molecule has 0 aromatic heterocycles. The first-order valence-corrected chi connectivity index (χ1v) is 6.20. The molecule has 0 unspecified atom stereocenters. The molecule has 0 aliphatic rings. The Kier molecular flexibility index (Phi) is 4.40. The normalized spacial score (nSPS) is 9.76. The molecule has 2 aromatic carbocycles. The summed E-state index contributed by atoms with van der Waals surface area (Å²) in [7, 11) is 1.54. The highest BCUT2D eigenvalue weighted by Gasteiger charge is 2.07. The van der Waals surface area contributed by atoms with E-state index in [1.165, 1.54) is 0 Å². The van der Waals surface area contributed by atoms with Crippen LogP contribution in [0.3, 0.4) is 0 Å². The quantitative estimate of drug-likeness (QED) is 0.805. The van der Waals surface area contributed by atoms with E-state index in [1.807, 2.05) is 0 Å². The van der Waals surface area contributed by atoms with Crippen LogP contribution in [0.2, 0.25) is 0 Å². The first-order chi connectivity index (χ1) is 10.1. The van der Waals surface area contributed by atoms with Crippen molar-refractivity contribution in [3.8, 4) is 5.75 Å². The molecule has 0 aliphatic carbocycles. The number of rotatable bonds is 4. The predicted octanol–water partition coefficient (Wildman–Crippen LogP) is 2.44. The van der Waals surface area contributed by atoms with E-state index >= 15 is 0 Å². The lowest BCUT2D eigenvalue weighted by atomic mass is 10.2. The maximum atomic E-state index is 12.1. The molecule has 2 rings (SSSR count). The van der Waals surface area contributed by atoms with Gasteiger partial charge < -0.3 is 21.1 Å². The monoisotopic (exact) mass is 285 g/mol. The molecule has 0 fully saturated rings. The van der Waals surface area contributed by atoms with Crippen LogP contribution < -0.4 is 21.1 Å². The average molecular weight is 285 g/mol. The number of nitrogens with one attached hydrogen (secondary N) is 2. The van der Waals surface area contributed by atoms with Gasteiger partial charge >= 0.3 is 6.03 Å². The van der Waals surface area contributed by atoms with E-state index in [2.05, 4.69) is 10.6 Å². The van der Waals surface area contributed by atoms with Gasteiger partial charge in [-0.15, -0.1) is 0 Å². The van der Waals surface area contributed by atoms with Crippen LogP contribution >= 0.6 is 0 Å². The minimum atomic E-state index is -0.636. The first-order valence-electron chi connectivity index (χ1n) is 6.20. The van der Waals surface area contributed by atoms with Gasteiger partial charge in [0.25, 0.3) is 5.91 Å². The molecular weight excluding hydrogens is 270 g/mol. The van der Waals surface area contributed by atoms with Crippen molar-refractivity contribution in [3.05, 3.63) is 54.1 Å². The SMILES string of the molecule is COc1cccc(C(=O)Nc2ccc(NC(N)=O)cc2)c1. The zero-order valence-corrected chi connectivity index (χ0v) is 11.4. The first kappa shape index (κ1) is 14.4. The molecule has 0 bridgehead atoms. The number of ether oxygens (including phenoxy) is 1. The molecule has 0 heterocycles. The topological polar surface area (TPSA) is 93.4 Å². The largest absolute Gasteiger partial charge is 0.497 e. The number of hydrogen-bond acceptors (Lipinski definition) is 3. The third-order valence-electron chi connectivity index (χ3n) is 2.74. The number of urea groups is 1. The number of carbonyl (C=O) groups excluding carboxylic acids is 2. The van der Waals surface area contributed by atoms with Crippen molar-refractivity contribution < 1.29 is 14.3 Å². The molecule has 0 radical (unpaired) electrons. The Morgan fingerprint density at radius 2 is 1.62 bits per heavy atom. The summed E-state index contributed by atoms with van der Waals surface area (Å²) in [5.74, 6) is 0.369. The fraction of sp³-hybridized carbons (Fsp3) is 0.0667. The average Bonchev–Trinajstić information content (AvgIpc) is 2.49. The zero-order valence-electron chi connectivity index (χ0n) is 11.4. The van der Waals surface area contributed by atoms with Gasteiger partial charge in [-0.2, -0.15) is 0 Å². The van der Waals surface area contributed by atoms with E-state index in [1.54, 1.807) is 55.6 Å². The fourth-order valence-corrected chi connectivity index (χ4v) is 1.75. The minimum Gasteiger partial charge on any atom is -0.497 e.